The van der Waals surface area contributed by atoms with Gasteiger partial charge in [-0.05, 0) is 25.2 Å². The molecule has 2 heterocycles. The summed E-state index contributed by atoms with van der Waals surface area (Å²) in [6, 6.07) is 0. The first-order valence-electron chi connectivity index (χ1n) is 4.50. The first-order chi connectivity index (χ1) is 5.33. The molecule has 0 aromatic carbocycles. The van der Waals surface area contributed by atoms with E-state index < -0.39 is 0 Å². The summed E-state index contributed by atoms with van der Waals surface area (Å²) in [5, 5.41) is 0. The normalized spacial score (nSPS) is 53.6. The molecule has 4 rings (SSSR count). The van der Waals surface area contributed by atoms with Gasteiger partial charge in [-0.15, -0.1) is 0 Å². The molecule has 4 aliphatic rings. The van der Waals surface area contributed by atoms with Gasteiger partial charge in [0.2, 0.25) is 0 Å². The molecule has 2 bridgehead atoms. The quantitative estimate of drug-likeness (QED) is 0.520. The molecule has 3 atom stereocenters. The van der Waals surface area contributed by atoms with E-state index in [1.165, 1.54) is 6.42 Å². The fraction of sp³-hybridized carbons (Fsp3) is 0.889. The Morgan fingerprint density at radius 2 is 2.45 bits per heavy atom. The lowest BCUT2D eigenvalue weighted by Crippen LogP contribution is -2.55. The van der Waals surface area contributed by atoms with Crippen molar-refractivity contribution in [2.75, 3.05) is 6.61 Å². The number of rotatable bonds is 0. The van der Waals surface area contributed by atoms with Crippen molar-refractivity contribution in [3.63, 3.8) is 0 Å². The van der Waals surface area contributed by atoms with Crippen molar-refractivity contribution < 1.29 is 9.53 Å². The summed E-state index contributed by atoms with van der Waals surface area (Å²) in [6.45, 7) is 0.858. The summed E-state index contributed by atoms with van der Waals surface area (Å²) >= 11 is 0. The summed E-state index contributed by atoms with van der Waals surface area (Å²) in [7, 11) is 0. The SMILES string of the molecule is O=C1CCC[C@H]2[C@@H]3CO[C@]12C3. The molecular weight excluding hydrogens is 140 g/mol. The molecule has 11 heavy (non-hydrogen) atoms. The van der Waals surface area contributed by atoms with E-state index >= 15 is 0 Å². The Morgan fingerprint density at radius 3 is 3.18 bits per heavy atom. The number of Topliss-reactive ketones (excluding diaryl/α,β-unsaturated/α-hetero) is 1. The van der Waals surface area contributed by atoms with Crippen LogP contribution in [0.4, 0.5) is 0 Å². The van der Waals surface area contributed by atoms with Crippen molar-refractivity contribution in [2.45, 2.75) is 31.3 Å². The Morgan fingerprint density at radius 1 is 1.55 bits per heavy atom. The minimum Gasteiger partial charge on any atom is -0.367 e. The van der Waals surface area contributed by atoms with Gasteiger partial charge >= 0.3 is 0 Å². The molecule has 2 aliphatic heterocycles. The summed E-state index contributed by atoms with van der Waals surface area (Å²) in [6.07, 6.45) is 4.14. The third kappa shape index (κ3) is 0.527. The first-order valence-corrected chi connectivity index (χ1v) is 4.50. The fourth-order valence-electron chi connectivity index (χ4n) is 3.06. The maximum Gasteiger partial charge on any atom is 0.164 e. The van der Waals surface area contributed by atoms with Crippen molar-refractivity contribution in [2.24, 2.45) is 11.8 Å². The highest BCUT2D eigenvalue weighted by atomic mass is 16.5. The van der Waals surface area contributed by atoms with Crippen LogP contribution in [0.25, 0.3) is 0 Å². The van der Waals surface area contributed by atoms with Crippen molar-refractivity contribution in [3.05, 3.63) is 0 Å². The van der Waals surface area contributed by atoms with Crippen LogP contribution in [0.1, 0.15) is 25.7 Å². The van der Waals surface area contributed by atoms with Crippen LogP contribution in [0, 0.1) is 11.8 Å². The van der Waals surface area contributed by atoms with E-state index in [-0.39, 0.29) is 5.60 Å². The lowest BCUT2D eigenvalue weighted by atomic mass is 9.57. The second-order valence-electron chi connectivity index (χ2n) is 4.09. The molecule has 2 aliphatic carbocycles. The third-order valence-corrected chi connectivity index (χ3v) is 3.68. The van der Waals surface area contributed by atoms with Gasteiger partial charge in [-0.2, -0.15) is 0 Å². The predicted octanol–water partition coefficient (Wildman–Crippen LogP) is 1.14. The molecule has 2 heteroatoms. The molecule has 0 amide bonds. The highest BCUT2D eigenvalue weighted by Crippen LogP contribution is 2.58. The van der Waals surface area contributed by atoms with Gasteiger partial charge in [0.1, 0.15) is 5.60 Å². The lowest BCUT2D eigenvalue weighted by Gasteiger charge is -2.46. The molecule has 0 unspecified atom stereocenters. The van der Waals surface area contributed by atoms with E-state index in [1.807, 2.05) is 0 Å². The van der Waals surface area contributed by atoms with Crippen molar-refractivity contribution in [1.82, 2.24) is 0 Å². The number of carbonyl (C=O) groups excluding carboxylic acids is 1. The summed E-state index contributed by atoms with van der Waals surface area (Å²) in [4.78, 5) is 11.5. The van der Waals surface area contributed by atoms with Crippen LogP contribution < -0.4 is 0 Å². The number of ketones is 1. The second-order valence-corrected chi connectivity index (χ2v) is 4.09. The highest BCUT2D eigenvalue weighted by Gasteiger charge is 2.65. The van der Waals surface area contributed by atoms with Crippen LogP contribution in [0.5, 0.6) is 0 Å². The topological polar surface area (TPSA) is 26.3 Å². The van der Waals surface area contributed by atoms with Crippen LogP contribution in [0.2, 0.25) is 0 Å². The number of ether oxygens (including phenoxy) is 1. The Bertz CT molecular complexity index is 220. The van der Waals surface area contributed by atoms with E-state index in [0.717, 1.165) is 31.8 Å². The van der Waals surface area contributed by atoms with Crippen LogP contribution in [0.3, 0.4) is 0 Å². The summed E-state index contributed by atoms with van der Waals surface area (Å²) in [5.74, 6) is 1.74. The van der Waals surface area contributed by atoms with Crippen LogP contribution in [-0.2, 0) is 9.53 Å². The predicted molar refractivity (Wildman–Crippen MR) is 39.1 cm³/mol. The lowest BCUT2D eigenvalue weighted by molar-refractivity contribution is -0.153. The molecule has 0 aromatic heterocycles. The van der Waals surface area contributed by atoms with Gasteiger partial charge in [0.05, 0.1) is 6.61 Å². The Labute approximate surface area is 65.9 Å². The Kier molecular flexibility index (Phi) is 0.947. The average Bonchev–Trinajstić information content (AvgIpc) is 2.51. The second kappa shape index (κ2) is 1.69. The molecule has 4 fully saturated rings. The largest absolute Gasteiger partial charge is 0.367 e. The number of hydrogen-bond donors (Lipinski definition) is 0. The maximum atomic E-state index is 11.5. The van der Waals surface area contributed by atoms with Crippen molar-refractivity contribution in [3.8, 4) is 0 Å². The zero-order chi connectivity index (χ0) is 7.47. The van der Waals surface area contributed by atoms with Crippen molar-refractivity contribution in [1.29, 1.82) is 0 Å². The summed E-state index contributed by atoms with van der Waals surface area (Å²) < 4.78 is 5.58. The average molecular weight is 152 g/mol. The number of fused-ring (bicyclic) bond motifs is 1. The fourth-order valence-corrected chi connectivity index (χ4v) is 3.06. The van der Waals surface area contributed by atoms with Crippen LogP contribution in [-0.4, -0.2) is 18.0 Å². The van der Waals surface area contributed by atoms with Gasteiger partial charge in [0.25, 0.3) is 0 Å². The van der Waals surface area contributed by atoms with Gasteiger partial charge in [-0.1, -0.05) is 0 Å². The van der Waals surface area contributed by atoms with Crippen LogP contribution in [0.15, 0.2) is 0 Å². The van der Waals surface area contributed by atoms with E-state index in [4.69, 9.17) is 4.74 Å². The van der Waals surface area contributed by atoms with Gasteiger partial charge < -0.3 is 4.74 Å². The van der Waals surface area contributed by atoms with Crippen LogP contribution >= 0.6 is 0 Å². The first kappa shape index (κ1) is 6.18. The molecule has 0 N–H and O–H groups in total. The van der Waals surface area contributed by atoms with Gasteiger partial charge in [-0.25, -0.2) is 0 Å². The van der Waals surface area contributed by atoms with Crippen molar-refractivity contribution >= 4 is 5.78 Å². The molecule has 60 valence electrons. The van der Waals surface area contributed by atoms with Gasteiger partial charge in [0, 0.05) is 12.3 Å². The minimum atomic E-state index is -0.247. The molecule has 0 radical (unpaired) electrons. The molecular formula is C9H12O2. The third-order valence-electron chi connectivity index (χ3n) is 3.68. The zero-order valence-corrected chi connectivity index (χ0v) is 6.51. The van der Waals surface area contributed by atoms with E-state index in [2.05, 4.69) is 0 Å². The molecule has 1 spiro atoms. The number of hydrogen-bond acceptors (Lipinski definition) is 2. The zero-order valence-electron chi connectivity index (χ0n) is 6.51. The van der Waals surface area contributed by atoms with Gasteiger partial charge in [0.15, 0.2) is 5.78 Å². The standard InChI is InChI=1S/C9H12O2/c10-8-3-1-2-7-6-4-9(7,8)11-5-6/h6-7H,1-5H2/t6-,7-,9-/m0/s1. The minimum absolute atomic E-state index is 0.247. The molecule has 0 aromatic rings. The Balaban J connectivity index is 1.99. The number of carbonyl (C=O) groups is 1. The smallest absolute Gasteiger partial charge is 0.164 e. The van der Waals surface area contributed by atoms with E-state index in [9.17, 15) is 4.79 Å². The maximum absolute atomic E-state index is 11.5. The van der Waals surface area contributed by atoms with E-state index in [1.54, 1.807) is 0 Å². The molecule has 2 saturated heterocycles. The summed E-state index contributed by atoms with van der Waals surface area (Å²) in [5.41, 5.74) is -0.247. The highest BCUT2D eigenvalue weighted by molar-refractivity contribution is 5.90. The molecule has 2 nitrogen and oxygen atoms in total. The van der Waals surface area contributed by atoms with E-state index in [0.29, 0.717) is 11.7 Å². The Hall–Kier alpha value is -0.370. The molecule has 2 saturated carbocycles. The monoisotopic (exact) mass is 152 g/mol. The van der Waals surface area contributed by atoms with Gasteiger partial charge in [-0.3, -0.25) is 4.79 Å².